The van der Waals surface area contributed by atoms with Gasteiger partial charge >= 0.3 is 0 Å². The molecule has 1 aromatic heterocycles. The van der Waals surface area contributed by atoms with Gasteiger partial charge in [-0.1, -0.05) is 48.5 Å². The van der Waals surface area contributed by atoms with Crippen LogP contribution in [0.3, 0.4) is 0 Å². The zero-order chi connectivity index (χ0) is 28.2. The van der Waals surface area contributed by atoms with Crippen LogP contribution in [0.15, 0.2) is 60.8 Å². The number of aromatic amines is 1. The minimum Gasteiger partial charge on any atom is -0.368 e. The van der Waals surface area contributed by atoms with Crippen LogP contribution in [-0.2, 0) is 32.0 Å². The number of primary amides is 1. The second-order valence-corrected chi connectivity index (χ2v) is 10.7. The summed E-state index contributed by atoms with van der Waals surface area (Å²) in [6, 6.07) is 14.1. The highest BCUT2D eigenvalue weighted by atomic mass is 16.2. The molecular weight excluding hydrogens is 508 g/mol. The number of benzene rings is 2. The fraction of sp³-hybridized carbons (Fsp3) is 0.400. The van der Waals surface area contributed by atoms with Gasteiger partial charge in [-0.25, -0.2) is 0 Å². The number of carbonyl (C=O) groups is 4. The number of nitrogens with zero attached hydrogens (tertiary/aromatic N) is 2. The van der Waals surface area contributed by atoms with E-state index in [1.165, 1.54) is 9.80 Å². The summed E-state index contributed by atoms with van der Waals surface area (Å²) in [6.07, 6.45) is 4.74. The van der Waals surface area contributed by atoms with Gasteiger partial charge in [0, 0.05) is 36.6 Å². The van der Waals surface area contributed by atoms with Crippen LogP contribution in [0.25, 0.3) is 10.9 Å². The average Bonchev–Trinajstić information content (AvgIpc) is 3.72. The van der Waals surface area contributed by atoms with Gasteiger partial charge in [-0.15, -0.1) is 0 Å². The SMILES string of the molecule is NC(=O)[C@@H]1CCCN1C(=O)[C@H](Cc1c[nH]c2ccccc12)NC(=O)[C@H]1CCCN1C(=O)[C@@H](N)Cc1ccccc1. The van der Waals surface area contributed by atoms with E-state index in [1.54, 1.807) is 0 Å². The maximum Gasteiger partial charge on any atom is 0.246 e. The molecule has 5 rings (SSSR count). The monoisotopic (exact) mass is 544 g/mol. The average molecular weight is 545 g/mol. The van der Waals surface area contributed by atoms with E-state index in [2.05, 4.69) is 10.3 Å². The molecule has 0 radical (unpaired) electrons. The van der Waals surface area contributed by atoms with Crippen molar-refractivity contribution in [3.8, 4) is 0 Å². The molecule has 2 aliphatic heterocycles. The zero-order valence-corrected chi connectivity index (χ0v) is 22.4. The Labute approximate surface area is 233 Å². The molecule has 2 aliphatic rings. The number of rotatable bonds is 9. The summed E-state index contributed by atoms with van der Waals surface area (Å²) < 4.78 is 0. The first-order chi connectivity index (χ1) is 19.3. The van der Waals surface area contributed by atoms with Gasteiger partial charge in [-0.3, -0.25) is 19.2 Å². The van der Waals surface area contributed by atoms with Crippen LogP contribution < -0.4 is 16.8 Å². The predicted octanol–water partition coefficient (Wildman–Crippen LogP) is 1.23. The first-order valence-corrected chi connectivity index (χ1v) is 13.9. The molecule has 2 saturated heterocycles. The van der Waals surface area contributed by atoms with Gasteiger partial charge in [0.15, 0.2) is 0 Å². The number of hydrogen-bond donors (Lipinski definition) is 4. The molecule has 0 aliphatic carbocycles. The number of amides is 4. The first kappa shape index (κ1) is 27.4. The number of hydrogen-bond acceptors (Lipinski definition) is 5. The van der Waals surface area contributed by atoms with Gasteiger partial charge < -0.3 is 31.6 Å². The minimum absolute atomic E-state index is 0.227. The number of carbonyl (C=O) groups excluding carboxylic acids is 4. The van der Waals surface area contributed by atoms with Crippen LogP contribution in [0.4, 0.5) is 0 Å². The van der Waals surface area contributed by atoms with Gasteiger partial charge in [-0.05, 0) is 49.3 Å². The third kappa shape index (κ3) is 5.72. The van der Waals surface area contributed by atoms with Crippen molar-refractivity contribution in [3.05, 3.63) is 71.9 Å². The summed E-state index contributed by atoms with van der Waals surface area (Å²) in [5.74, 6) is -1.58. The van der Waals surface area contributed by atoms with E-state index in [0.29, 0.717) is 45.2 Å². The van der Waals surface area contributed by atoms with Gasteiger partial charge in [0.2, 0.25) is 23.6 Å². The molecule has 4 amide bonds. The zero-order valence-electron chi connectivity index (χ0n) is 22.4. The lowest BCUT2D eigenvalue weighted by Crippen LogP contribution is -2.57. The predicted molar refractivity (Wildman–Crippen MR) is 151 cm³/mol. The molecular formula is C30H36N6O4. The fourth-order valence-corrected chi connectivity index (χ4v) is 5.99. The van der Waals surface area contributed by atoms with Crippen molar-refractivity contribution >= 4 is 34.5 Å². The van der Waals surface area contributed by atoms with Crippen molar-refractivity contribution in [3.63, 3.8) is 0 Å². The number of nitrogens with two attached hydrogens (primary N) is 2. The van der Waals surface area contributed by atoms with E-state index in [-0.39, 0.29) is 18.2 Å². The molecule has 10 heteroatoms. The molecule has 4 atom stereocenters. The van der Waals surface area contributed by atoms with Gasteiger partial charge in [0.1, 0.15) is 18.1 Å². The number of likely N-dealkylation sites (tertiary alicyclic amines) is 2. The number of fused-ring (bicyclic) bond motifs is 1. The summed E-state index contributed by atoms with van der Waals surface area (Å²) in [7, 11) is 0. The van der Waals surface area contributed by atoms with Crippen molar-refractivity contribution in [1.29, 1.82) is 0 Å². The summed E-state index contributed by atoms with van der Waals surface area (Å²) >= 11 is 0. The Kier molecular flexibility index (Phi) is 8.16. The lowest BCUT2D eigenvalue weighted by Gasteiger charge is -2.31. The van der Waals surface area contributed by atoms with E-state index in [9.17, 15) is 19.2 Å². The van der Waals surface area contributed by atoms with E-state index in [1.807, 2.05) is 60.8 Å². The minimum atomic E-state index is -0.929. The highest BCUT2D eigenvalue weighted by Crippen LogP contribution is 2.24. The molecule has 2 fully saturated rings. The van der Waals surface area contributed by atoms with Crippen LogP contribution in [0, 0.1) is 0 Å². The number of para-hydroxylation sites is 1. The molecule has 6 N–H and O–H groups in total. The second kappa shape index (κ2) is 11.9. The maximum atomic E-state index is 13.8. The summed E-state index contributed by atoms with van der Waals surface area (Å²) in [5, 5.41) is 3.89. The number of nitrogens with one attached hydrogen (secondary N) is 2. The normalized spacial score (nSPS) is 20.4. The van der Waals surface area contributed by atoms with Gasteiger partial charge in [0.25, 0.3) is 0 Å². The van der Waals surface area contributed by atoms with Crippen molar-refractivity contribution in [2.75, 3.05) is 13.1 Å². The van der Waals surface area contributed by atoms with Crippen LogP contribution >= 0.6 is 0 Å². The molecule has 3 aromatic rings. The first-order valence-electron chi connectivity index (χ1n) is 13.9. The summed E-state index contributed by atoms with van der Waals surface area (Å²) in [5.41, 5.74) is 14.6. The second-order valence-electron chi connectivity index (χ2n) is 10.7. The molecule has 0 saturated carbocycles. The Morgan fingerprint density at radius 3 is 2.25 bits per heavy atom. The molecule has 210 valence electrons. The topological polar surface area (TPSA) is 155 Å². The van der Waals surface area contributed by atoms with Crippen molar-refractivity contribution in [1.82, 2.24) is 20.1 Å². The third-order valence-electron chi connectivity index (χ3n) is 8.03. The van der Waals surface area contributed by atoms with Gasteiger partial charge in [0.05, 0.1) is 6.04 Å². The van der Waals surface area contributed by atoms with Crippen LogP contribution in [0.1, 0.15) is 36.8 Å². The molecule has 0 spiro atoms. The molecule has 0 unspecified atom stereocenters. The Balaban J connectivity index is 1.34. The van der Waals surface area contributed by atoms with Crippen LogP contribution in [-0.4, -0.2) is 75.7 Å². The van der Waals surface area contributed by atoms with Gasteiger partial charge in [-0.2, -0.15) is 0 Å². The molecule has 0 bridgehead atoms. The fourth-order valence-electron chi connectivity index (χ4n) is 5.99. The van der Waals surface area contributed by atoms with Crippen molar-refractivity contribution < 1.29 is 19.2 Å². The standard InChI is InChI=1S/C30H36N6O4/c31-22(16-19-8-2-1-3-9-19)29(39)36-15-7-13-26(36)28(38)34-24(30(40)35-14-6-12-25(35)27(32)37)17-20-18-33-23-11-5-4-10-21(20)23/h1-5,8-11,18,22,24-26,33H,6-7,12-17,31H2,(H2,32,37)(H,34,38)/t22-,24-,25-,26+/m0/s1. The quantitative estimate of drug-likeness (QED) is 0.319. The molecule has 40 heavy (non-hydrogen) atoms. The number of aromatic nitrogens is 1. The van der Waals surface area contributed by atoms with E-state index in [4.69, 9.17) is 11.5 Å². The van der Waals surface area contributed by atoms with Crippen LogP contribution in [0.5, 0.6) is 0 Å². The molecule has 3 heterocycles. The largest absolute Gasteiger partial charge is 0.368 e. The maximum absolute atomic E-state index is 13.8. The van der Waals surface area contributed by atoms with Crippen LogP contribution in [0.2, 0.25) is 0 Å². The Morgan fingerprint density at radius 1 is 0.875 bits per heavy atom. The highest BCUT2D eigenvalue weighted by molar-refractivity contribution is 5.96. The Hall–Kier alpha value is -4.18. The van der Waals surface area contributed by atoms with Crippen molar-refractivity contribution in [2.45, 2.75) is 62.7 Å². The molecule has 2 aromatic carbocycles. The summed E-state index contributed by atoms with van der Waals surface area (Å²) in [6.45, 7) is 0.825. The Morgan fingerprint density at radius 2 is 1.52 bits per heavy atom. The summed E-state index contributed by atoms with van der Waals surface area (Å²) in [4.78, 5) is 59.0. The highest BCUT2D eigenvalue weighted by Gasteiger charge is 2.40. The number of H-pyrrole nitrogens is 1. The van der Waals surface area contributed by atoms with E-state index in [0.717, 1.165) is 22.0 Å². The Bertz CT molecular complexity index is 1390. The van der Waals surface area contributed by atoms with E-state index < -0.39 is 36.0 Å². The third-order valence-corrected chi connectivity index (χ3v) is 8.03. The van der Waals surface area contributed by atoms with Crippen molar-refractivity contribution in [2.24, 2.45) is 11.5 Å². The smallest absolute Gasteiger partial charge is 0.246 e. The van der Waals surface area contributed by atoms with E-state index >= 15 is 0 Å². The lowest BCUT2D eigenvalue weighted by atomic mass is 10.0. The molecule has 10 nitrogen and oxygen atoms in total. The lowest BCUT2D eigenvalue weighted by molar-refractivity contribution is -0.143.